The van der Waals surface area contributed by atoms with E-state index in [1.54, 1.807) is 0 Å². The Morgan fingerprint density at radius 3 is 2.56 bits per heavy atom. The predicted octanol–water partition coefficient (Wildman–Crippen LogP) is 1.36. The molecule has 1 rings (SSSR count). The molecule has 0 aliphatic heterocycles. The van der Waals surface area contributed by atoms with Crippen LogP contribution in [0.1, 0.15) is 0 Å². The van der Waals surface area contributed by atoms with E-state index in [1.807, 2.05) is 0 Å². The van der Waals surface area contributed by atoms with Gasteiger partial charge in [0.2, 0.25) is 15.3 Å². The highest BCUT2D eigenvalue weighted by atomic mass is 35.5. The molecule has 0 bridgehead atoms. The number of nitrogens with zero attached hydrogens (tertiary/aromatic N) is 1. The average Bonchev–Trinajstić information content (AvgIpc) is 2.12. The fourth-order valence-electron chi connectivity index (χ4n) is 1.14. The normalized spacial score (nSPS) is 11.2. The summed E-state index contributed by atoms with van der Waals surface area (Å²) in [4.78, 5) is 10.7. The Morgan fingerprint density at radius 1 is 1.50 bits per heavy atom. The molecule has 0 unspecified atom stereocenters. The molecule has 4 nitrogen and oxygen atoms in total. The van der Waals surface area contributed by atoms with Gasteiger partial charge in [-0.3, -0.25) is 9.10 Å². The second-order valence-electron chi connectivity index (χ2n) is 3.10. The molecule has 0 saturated heterocycles. The summed E-state index contributed by atoms with van der Waals surface area (Å²) in [5, 5.41) is -0.838. The fraction of sp³-hybridized carbons (Fsp3) is 0.222. The molecule has 0 fully saturated rings. The number of sulfonamides is 1. The van der Waals surface area contributed by atoms with Crippen LogP contribution in [0.4, 0.5) is 10.1 Å². The first kappa shape index (κ1) is 12.9. The summed E-state index contributed by atoms with van der Waals surface area (Å²) in [6.45, 7) is -0.524. The first-order chi connectivity index (χ1) is 7.30. The van der Waals surface area contributed by atoms with Gasteiger partial charge in [-0.2, -0.15) is 0 Å². The van der Waals surface area contributed by atoms with Crippen LogP contribution in [0.15, 0.2) is 24.3 Å². The maximum Gasteiger partial charge on any atom is 0.242 e. The van der Waals surface area contributed by atoms with Gasteiger partial charge < -0.3 is 0 Å². The highest BCUT2D eigenvalue weighted by molar-refractivity contribution is 7.92. The number of carbonyl (C=O) groups is 1. The van der Waals surface area contributed by atoms with Crippen LogP contribution in [0.25, 0.3) is 0 Å². The third kappa shape index (κ3) is 3.46. The summed E-state index contributed by atoms with van der Waals surface area (Å²) in [5.41, 5.74) is 0.0662. The summed E-state index contributed by atoms with van der Waals surface area (Å²) in [5.74, 6) is -0.590. The van der Waals surface area contributed by atoms with Crippen LogP contribution >= 0.6 is 11.6 Å². The van der Waals surface area contributed by atoms with Crippen LogP contribution in [-0.2, 0) is 14.8 Å². The molecule has 1 aromatic rings. The number of carbonyl (C=O) groups excluding carboxylic acids is 1. The molecule has 7 heteroatoms. The van der Waals surface area contributed by atoms with Gasteiger partial charge in [0.1, 0.15) is 12.4 Å². The second kappa shape index (κ2) is 4.80. The molecule has 0 spiro atoms. The smallest absolute Gasteiger partial charge is 0.242 e. The second-order valence-corrected chi connectivity index (χ2v) is 5.43. The van der Waals surface area contributed by atoms with E-state index >= 15 is 0 Å². The van der Waals surface area contributed by atoms with Crippen molar-refractivity contribution in [1.82, 2.24) is 0 Å². The van der Waals surface area contributed by atoms with Crippen LogP contribution in [0, 0.1) is 5.82 Å². The van der Waals surface area contributed by atoms with Gasteiger partial charge in [0, 0.05) is 0 Å². The van der Waals surface area contributed by atoms with Gasteiger partial charge in [-0.05, 0) is 29.8 Å². The zero-order valence-corrected chi connectivity index (χ0v) is 9.93. The van der Waals surface area contributed by atoms with Crippen molar-refractivity contribution in [3.63, 3.8) is 0 Å². The van der Waals surface area contributed by atoms with E-state index < -0.39 is 27.6 Å². The third-order valence-corrected chi connectivity index (χ3v) is 3.02. The number of anilines is 1. The molecule has 88 valence electrons. The number of benzene rings is 1. The Labute approximate surface area is 97.7 Å². The summed E-state index contributed by atoms with van der Waals surface area (Å²) >= 11 is 5.13. The SMILES string of the molecule is CS(=O)(=O)N(CC(=O)Cl)c1cccc(F)c1. The van der Waals surface area contributed by atoms with Gasteiger partial charge in [-0.1, -0.05) is 6.07 Å². The fourth-order valence-corrected chi connectivity index (χ4v) is 2.18. The predicted molar refractivity (Wildman–Crippen MR) is 59.4 cm³/mol. The van der Waals surface area contributed by atoms with Crippen LogP contribution in [0.5, 0.6) is 0 Å². The van der Waals surface area contributed by atoms with Crippen molar-refractivity contribution in [3.05, 3.63) is 30.1 Å². The van der Waals surface area contributed by atoms with E-state index in [9.17, 15) is 17.6 Å². The molecule has 0 amide bonds. The molecule has 0 aliphatic carbocycles. The van der Waals surface area contributed by atoms with Gasteiger partial charge in [0.15, 0.2) is 0 Å². The van der Waals surface area contributed by atoms with E-state index in [2.05, 4.69) is 0 Å². The Balaban J connectivity index is 3.16. The molecule has 0 aliphatic rings. The number of hydrogen-bond donors (Lipinski definition) is 0. The molecule has 0 radical (unpaired) electrons. The van der Waals surface area contributed by atoms with E-state index in [0.29, 0.717) is 0 Å². The van der Waals surface area contributed by atoms with Crippen molar-refractivity contribution in [3.8, 4) is 0 Å². The zero-order chi connectivity index (χ0) is 12.3. The van der Waals surface area contributed by atoms with Crippen molar-refractivity contribution in [2.75, 3.05) is 17.1 Å². The third-order valence-electron chi connectivity index (χ3n) is 1.76. The lowest BCUT2D eigenvalue weighted by Gasteiger charge is -2.20. The Hall–Kier alpha value is -1.14. The topological polar surface area (TPSA) is 54.5 Å². The standard InChI is InChI=1S/C9H9ClFNO3S/c1-16(14,15)12(6-9(10)13)8-4-2-3-7(11)5-8/h2-5H,6H2,1H3. The molecule has 0 atom stereocenters. The highest BCUT2D eigenvalue weighted by Gasteiger charge is 2.19. The Morgan fingerprint density at radius 2 is 2.12 bits per heavy atom. The van der Waals surface area contributed by atoms with Crippen LogP contribution < -0.4 is 4.31 Å². The summed E-state index contributed by atoms with van der Waals surface area (Å²) in [6, 6.07) is 4.92. The molecule has 16 heavy (non-hydrogen) atoms. The highest BCUT2D eigenvalue weighted by Crippen LogP contribution is 2.18. The minimum Gasteiger partial charge on any atom is -0.279 e. The first-order valence-electron chi connectivity index (χ1n) is 4.22. The number of halogens is 2. The maximum atomic E-state index is 12.9. The average molecular weight is 266 g/mol. The van der Waals surface area contributed by atoms with E-state index in [-0.39, 0.29) is 5.69 Å². The minimum atomic E-state index is -3.67. The molecule has 0 N–H and O–H groups in total. The Kier molecular flexibility index (Phi) is 3.88. The molecular weight excluding hydrogens is 257 g/mol. The summed E-state index contributed by atoms with van der Waals surface area (Å²) in [6.07, 6.45) is 0.914. The molecule has 1 aromatic carbocycles. The molecule has 0 heterocycles. The van der Waals surface area contributed by atoms with Crippen molar-refractivity contribution in [2.24, 2.45) is 0 Å². The van der Waals surface area contributed by atoms with E-state index in [1.165, 1.54) is 18.2 Å². The van der Waals surface area contributed by atoms with Crippen LogP contribution in [0.2, 0.25) is 0 Å². The lowest BCUT2D eigenvalue weighted by atomic mass is 10.3. The first-order valence-corrected chi connectivity index (χ1v) is 6.45. The van der Waals surface area contributed by atoms with Crippen molar-refractivity contribution >= 4 is 32.6 Å². The van der Waals surface area contributed by atoms with Crippen LogP contribution in [-0.4, -0.2) is 26.5 Å². The van der Waals surface area contributed by atoms with Crippen molar-refractivity contribution < 1.29 is 17.6 Å². The van der Waals surface area contributed by atoms with Gasteiger partial charge >= 0.3 is 0 Å². The molecule has 0 aromatic heterocycles. The van der Waals surface area contributed by atoms with Gasteiger partial charge in [0.25, 0.3) is 0 Å². The maximum absolute atomic E-state index is 12.9. The minimum absolute atomic E-state index is 0.0662. The monoisotopic (exact) mass is 265 g/mol. The van der Waals surface area contributed by atoms with Crippen LogP contribution in [0.3, 0.4) is 0 Å². The van der Waals surface area contributed by atoms with Gasteiger partial charge in [0.05, 0.1) is 11.9 Å². The largest absolute Gasteiger partial charge is 0.279 e. The lowest BCUT2D eigenvalue weighted by Crippen LogP contribution is -2.33. The van der Waals surface area contributed by atoms with E-state index in [4.69, 9.17) is 11.6 Å². The van der Waals surface area contributed by atoms with E-state index in [0.717, 1.165) is 16.6 Å². The lowest BCUT2D eigenvalue weighted by molar-refractivity contribution is -0.110. The number of hydrogen-bond acceptors (Lipinski definition) is 3. The zero-order valence-electron chi connectivity index (χ0n) is 8.35. The Bertz CT molecular complexity index is 503. The van der Waals surface area contributed by atoms with Gasteiger partial charge in [-0.25, -0.2) is 12.8 Å². The summed E-state index contributed by atoms with van der Waals surface area (Å²) in [7, 11) is -3.67. The number of rotatable bonds is 4. The van der Waals surface area contributed by atoms with Crippen molar-refractivity contribution in [2.45, 2.75) is 0 Å². The quantitative estimate of drug-likeness (QED) is 0.773. The summed E-state index contributed by atoms with van der Waals surface area (Å²) < 4.78 is 36.4. The van der Waals surface area contributed by atoms with Gasteiger partial charge in [-0.15, -0.1) is 0 Å². The molecular formula is C9H9ClFNO3S. The molecule has 0 saturated carbocycles. The van der Waals surface area contributed by atoms with Crippen molar-refractivity contribution in [1.29, 1.82) is 0 Å².